The van der Waals surface area contributed by atoms with Gasteiger partial charge in [-0.2, -0.15) is 4.98 Å². The van der Waals surface area contributed by atoms with Crippen LogP contribution in [-0.4, -0.2) is 52.2 Å². The molecule has 3 fully saturated rings. The highest BCUT2D eigenvalue weighted by Gasteiger charge is 2.42. The molecule has 1 aliphatic heterocycles. The van der Waals surface area contributed by atoms with E-state index < -0.39 is 0 Å². The molecule has 122 valence electrons. The SMILES string of the molecule is Cc1noc2ncnc(N3CCN(C4CC5CCC4C5)CC3)c12. The maximum atomic E-state index is 5.28. The van der Waals surface area contributed by atoms with Crippen LogP contribution in [0, 0.1) is 18.8 Å². The van der Waals surface area contributed by atoms with E-state index in [2.05, 4.69) is 24.9 Å². The summed E-state index contributed by atoms with van der Waals surface area (Å²) in [4.78, 5) is 13.8. The second-order valence-electron chi connectivity index (χ2n) is 7.41. The van der Waals surface area contributed by atoms with Crippen LogP contribution in [0.25, 0.3) is 11.1 Å². The predicted molar refractivity (Wildman–Crippen MR) is 87.4 cm³/mol. The summed E-state index contributed by atoms with van der Waals surface area (Å²) in [5.74, 6) is 2.98. The lowest BCUT2D eigenvalue weighted by Gasteiger charge is -2.41. The van der Waals surface area contributed by atoms with Crippen molar-refractivity contribution in [3.63, 3.8) is 0 Å². The molecule has 0 spiro atoms. The van der Waals surface area contributed by atoms with Gasteiger partial charge in [-0.05, 0) is 38.0 Å². The molecule has 5 rings (SSSR count). The van der Waals surface area contributed by atoms with E-state index in [1.165, 1.54) is 25.7 Å². The van der Waals surface area contributed by atoms with E-state index in [1.54, 1.807) is 6.33 Å². The van der Waals surface area contributed by atoms with Crippen LogP contribution in [0.2, 0.25) is 0 Å². The van der Waals surface area contributed by atoms with Crippen molar-refractivity contribution in [1.82, 2.24) is 20.0 Å². The Bertz CT molecular complexity index is 721. The minimum atomic E-state index is 0.600. The van der Waals surface area contributed by atoms with Gasteiger partial charge in [0.05, 0.1) is 5.69 Å². The summed E-state index contributed by atoms with van der Waals surface area (Å²) >= 11 is 0. The molecule has 3 unspecified atom stereocenters. The molecule has 1 saturated heterocycles. The number of aromatic nitrogens is 3. The molecule has 2 bridgehead atoms. The normalized spacial score (nSPS) is 31.3. The Hall–Kier alpha value is -1.69. The van der Waals surface area contributed by atoms with Gasteiger partial charge >= 0.3 is 0 Å². The first-order chi connectivity index (χ1) is 11.3. The summed E-state index contributed by atoms with van der Waals surface area (Å²) in [5.41, 5.74) is 1.48. The fourth-order valence-electron chi connectivity index (χ4n) is 5.07. The third-order valence-corrected chi connectivity index (χ3v) is 6.21. The predicted octanol–water partition coefficient (Wildman–Crippen LogP) is 2.24. The van der Waals surface area contributed by atoms with Crippen molar-refractivity contribution in [1.29, 1.82) is 0 Å². The Morgan fingerprint density at radius 1 is 1.09 bits per heavy atom. The summed E-state index contributed by atoms with van der Waals surface area (Å²) in [6.45, 7) is 6.31. The molecule has 6 heteroatoms. The minimum absolute atomic E-state index is 0.600. The van der Waals surface area contributed by atoms with Crippen molar-refractivity contribution in [3.8, 4) is 0 Å². The van der Waals surface area contributed by atoms with Crippen molar-refractivity contribution in [2.45, 2.75) is 38.6 Å². The molecule has 3 aliphatic rings. The number of rotatable bonds is 2. The lowest BCUT2D eigenvalue weighted by Crippen LogP contribution is -2.52. The molecule has 0 radical (unpaired) electrons. The Balaban J connectivity index is 1.33. The first kappa shape index (κ1) is 13.7. The molecular weight excluding hydrogens is 290 g/mol. The number of nitrogens with zero attached hydrogens (tertiary/aromatic N) is 5. The van der Waals surface area contributed by atoms with Gasteiger partial charge in [0.25, 0.3) is 5.71 Å². The number of piperazine rings is 1. The third-order valence-electron chi connectivity index (χ3n) is 6.21. The minimum Gasteiger partial charge on any atom is -0.353 e. The van der Waals surface area contributed by atoms with E-state index in [4.69, 9.17) is 4.52 Å². The molecule has 23 heavy (non-hydrogen) atoms. The number of hydrogen-bond donors (Lipinski definition) is 0. The zero-order valence-electron chi connectivity index (χ0n) is 13.6. The second kappa shape index (κ2) is 5.16. The van der Waals surface area contributed by atoms with Gasteiger partial charge < -0.3 is 9.42 Å². The molecule has 3 heterocycles. The van der Waals surface area contributed by atoms with E-state index in [-0.39, 0.29) is 0 Å². The average molecular weight is 313 g/mol. The van der Waals surface area contributed by atoms with E-state index in [1.807, 2.05) is 6.92 Å². The highest BCUT2D eigenvalue weighted by molar-refractivity contribution is 5.87. The molecule has 2 aliphatic carbocycles. The van der Waals surface area contributed by atoms with Crippen molar-refractivity contribution < 1.29 is 4.52 Å². The number of aryl methyl sites for hydroxylation is 1. The van der Waals surface area contributed by atoms with Crippen molar-refractivity contribution in [2.24, 2.45) is 11.8 Å². The second-order valence-corrected chi connectivity index (χ2v) is 7.41. The van der Waals surface area contributed by atoms with Crippen LogP contribution in [0.4, 0.5) is 5.82 Å². The van der Waals surface area contributed by atoms with Crippen LogP contribution in [0.5, 0.6) is 0 Å². The van der Waals surface area contributed by atoms with Gasteiger partial charge in [-0.15, -0.1) is 0 Å². The molecule has 2 aromatic heterocycles. The maximum absolute atomic E-state index is 5.28. The smallest absolute Gasteiger partial charge is 0.263 e. The zero-order valence-corrected chi connectivity index (χ0v) is 13.6. The van der Waals surface area contributed by atoms with E-state index in [0.29, 0.717) is 5.71 Å². The fourth-order valence-corrected chi connectivity index (χ4v) is 5.07. The van der Waals surface area contributed by atoms with E-state index in [9.17, 15) is 0 Å². The number of hydrogen-bond acceptors (Lipinski definition) is 6. The van der Waals surface area contributed by atoms with Gasteiger partial charge in [0.15, 0.2) is 0 Å². The van der Waals surface area contributed by atoms with Gasteiger partial charge in [0, 0.05) is 32.2 Å². The fraction of sp³-hybridized carbons (Fsp3) is 0.706. The lowest BCUT2D eigenvalue weighted by atomic mass is 9.93. The van der Waals surface area contributed by atoms with Gasteiger partial charge in [-0.1, -0.05) is 11.6 Å². The third kappa shape index (κ3) is 2.15. The Labute approximate surface area is 135 Å². The van der Waals surface area contributed by atoms with Crippen LogP contribution < -0.4 is 4.90 Å². The molecule has 3 atom stereocenters. The van der Waals surface area contributed by atoms with Gasteiger partial charge in [-0.3, -0.25) is 4.90 Å². The highest BCUT2D eigenvalue weighted by Crippen LogP contribution is 2.46. The molecular formula is C17H23N5O. The molecule has 0 aromatic carbocycles. The number of fused-ring (bicyclic) bond motifs is 3. The van der Waals surface area contributed by atoms with Crippen LogP contribution in [0.15, 0.2) is 10.9 Å². The Morgan fingerprint density at radius 2 is 1.96 bits per heavy atom. The average Bonchev–Trinajstić information content (AvgIpc) is 3.31. The van der Waals surface area contributed by atoms with E-state index >= 15 is 0 Å². The standard InChI is InChI=1S/C17H23N5O/c1-11-15-16(18-10-19-17(15)23-20-11)22-6-4-21(5-7-22)14-9-12-2-3-13(14)8-12/h10,12-14H,2-9H2,1H3. The quantitative estimate of drug-likeness (QED) is 0.847. The summed E-state index contributed by atoms with van der Waals surface area (Å²) in [6, 6.07) is 0.846. The largest absolute Gasteiger partial charge is 0.353 e. The first-order valence-corrected chi connectivity index (χ1v) is 8.85. The van der Waals surface area contributed by atoms with Gasteiger partial charge in [0.1, 0.15) is 17.5 Å². The molecule has 0 N–H and O–H groups in total. The highest BCUT2D eigenvalue weighted by atomic mass is 16.5. The van der Waals surface area contributed by atoms with Crippen LogP contribution in [0.1, 0.15) is 31.4 Å². The van der Waals surface area contributed by atoms with Crippen molar-refractivity contribution >= 4 is 16.9 Å². The summed E-state index contributed by atoms with van der Waals surface area (Å²) in [7, 11) is 0. The summed E-state index contributed by atoms with van der Waals surface area (Å²) in [6.07, 6.45) is 7.45. The monoisotopic (exact) mass is 313 g/mol. The number of anilines is 1. The Morgan fingerprint density at radius 3 is 2.70 bits per heavy atom. The lowest BCUT2D eigenvalue weighted by molar-refractivity contribution is 0.135. The Kier molecular flexibility index (Phi) is 3.08. The molecule has 2 aromatic rings. The molecule has 6 nitrogen and oxygen atoms in total. The van der Waals surface area contributed by atoms with Gasteiger partial charge in [0.2, 0.25) is 0 Å². The maximum Gasteiger partial charge on any atom is 0.263 e. The zero-order chi connectivity index (χ0) is 15.4. The summed E-state index contributed by atoms with van der Waals surface area (Å²) in [5, 5.41) is 5.01. The van der Waals surface area contributed by atoms with Crippen molar-refractivity contribution in [2.75, 3.05) is 31.1 Å². The van der Waals surface area contributed by atoms with E-state index in [0.717, 1.165) is 61.0 Å². The molecule has 0 amide bonds. The van der Waals surface area contributed by atoms with Crippen LogP contribution in [0.3, 0.4) is 0 Å². The summed E-state index contributed by atoms with van der Waals surface area (Å²) < 4.78 is 5.28. The first-order valence-electron chi connectivity index (χ1n) is 8.85. The van der Waals surface area contributed by atoms with Crippen LogP contribution in [-0.2, 0) is 0 Å². The van der Waals surface area contributed by atoms with Crippen LogP contribution >= 0.6 is 0 Å². The van der Waals surface area contributed by atoms with Crippen molar-refractivity contribution in [3.05, 3.63) is 12.0 Å². The molecule has 2 saturated carbocycles. The van der Waals surface area contributed by atoms with Gasteiger partial charge in [-0.25, -0.2) is 4.98 Å². The topological polar surface area (TPSA) is 58.3 Å².